The van der Waals surface area contributed by atoms with Gasteiger partial charge in [-0.05, 0) is 30.7 Å². The van der Waals surface area contributed by atoms with Crippen molar-refractivity contribution in [2.75, 3.05) is 32.0 Å². The molecule has 3 nitrogen and oxygen atoms in total. The highest BCUT2D eigenvalue weighted by Gasteiger charge is 2.03. The third-order valence-corrected chi connectivity index (χ3v) is 3.00. The fourth-order valence-corrected chi connectivity index (χ4v) is 1.84. The number of unbranched alkanes of at least 4 members (excludes halogenated alkanes) is 1. The molecule has 0 unspecified atom stereocenters. The van der Waals surface area contributed by atoms with E-state index in [2.05, 4.69) is 24.8 Å². The van der Waals surface area contributed by atoms with Crippen molar-refractivity contribution < 1.29 is 4.74 Å². The molecule has 0 aliphatic rings. The van der Waals surface area contributed by atoms with Gasteiger partial charge in [-0.3, -0.25) is 4.90 Å². The Labute approximate surface area is 111 Å². The first kappa shape index (κ1) is 15.0. The van der Waals surface area contributed by atoms with Gasteiger partial charge in [0.1, 0.15) is 0 Å². The van der Waals surface area contributed by atoms with Crippen LogP contribution in [0.2, 0.25) is 0 Å². The SMILES string of the molecule is CCCCOCCN(CC)Cc1cccc(N)c1. The highest BCUT2D eigenvalue weighted by Crippen LogP contribution is 2.09. The van der Waals surface area contributed by atoms with Crippen LogP contribution in [0.25, 0.3) is 0 Å². The zero-order chi connectivity index (χ0) is 13.2. The van der Waals surface area contributed by atoms with E-state index in [0.717, 1.165) is 45.0 Å². The van der Waals surface area contributed by atoms with Gasteiger partial charge in [-0.2, -0.15) is 0 Å². The molecule has 3 heteroatoms. The molecule has 0 saturated carbocycles. The predicted octanol–water partition coefficient (Wildman–Crippen LogP) is 2.91. The molecule has 1 rings (SSSR count). The molecular weight excluding hydrogens is 224 g/mol. The van der Waals surface area contributed by atoms with Gasteiger partial charge >= 0.3 is 0 Å². The number of ether oxygens (including phenoxy) is 1. The molecule has 0 bridgehead atoms. The Hall–Kier alpha value is -1.06. The summed E-state index contributed by atoms with van der Waals surface area (Å²) in [7, 11) is 0. The lowest BCUT2D eigenvalue weighted by molar-refractivity contribution is 0.101. The van der Waals surface area contributed by atoms with Gasteiger partial charge in [-0.15, -0.1) is 0 Å². The summed E-state index contributed by atoms with van der Waals surface area (Å²) in [5.74, 6) is 0. The zero-order valence-electron chi connectivity index (χ0n) is 11.7. The van der Waals surface area contributed by atoms with Crippen molar-refractivity contribution in [1.29, 1.82) is 0 Å². The van der Waals surface area contributed by atoms with Crippen LogP contribution < -0.4 is 5.73 Å². The molecule has 0 spiro atoms. The Morgan fingerprint density at radius 3 is 2.72 bits per heavy atom. The maximum Gasteiger partial charge on any atom is 0.0593 e. The number of rotatable bonds is 9. The lowest BCUT2D eigenvalue weighted by Crippen LogP contribution is -2.27. The predicted molar refractivity (Wildman–Crippen MR) is 77.5 cm³/mol. The zero-order valence-corrected chi connectivity index (χ0v) is 11.7. The van der Waals surface area contributed by atoms with Crippen LogP contribution >= 0.6 is 0 Å². The third kappa shape index (κ3) is 6.03. The summed E-state index contributed by atoms with van der Waals surface area (Å²) in [5, 5.41) is 0. The quantitative estimate of drug-likeness (QED) is 0.541. The minimum absolute atomic E-state index is 0.816. The molecule has 0 aliphatic carbocycles. The molecule has 0 heterocycles. The van der Waals surface area contributed by atoms with E-state index >= 15 is 0 Å². The number of hydrogen-bond donors (Lipinski definition) is 1. The molecule has 0 radical (unpaired) electrons. The van der Waals surface area contributed by atoms with E-state index in [1.54, 1.807) is 0 Å². The molecule has 0 amide bonds. The molecule has 0 aromatic heterocycles. The lowest BCUT2D eigenvalue weighted by Gasteiger charge is -2.20. The molecule has 0 saturated heterocycles. The Bertz CT molecular complexity index is 328. The molecule has 0 atom stereocenters. The summed E-state index contributed by atoms with van der Waals surface area (Å²) >= 11 is 0. The first-order chi connectivity index (χ1) is 8.76. The number of nitrogen functional groups attached to an aromatic ring is 1. The second-order valence-corrected chi connectivity index (χ2v) is 4.58. The van der Waals surface area contributed by atoms with Crippen LogP contribution in [0.5, 0.6) is 0 Å². The van der Waals surface area contributed by atoms with Crippen LogP contribution in [0.3, 0.4) is 0 Å². The normalized spacial score (nSPS) is 11.1. The van der Waals surface area contributed by atoms with Gasteiger partial charge in [0, 0.05) is 25.4 Å². The van der Waals surface area contributed by atoms with Gasteiger partial charge in [0.05, 0.1) is 6.61 Å². The summed E-state index contributed by atoms with van der Waals surface area (Å²) < 4.78 is 5.60. The molecular formula is C15H26N2O. The van der Waals surface area contributed by atoms with Crippen LogP contribution in [0, 0.1) is 0 Å². The van der Waals surface area contributed by atoms with Gasteiger partial charge in [0.15, 0.2) is 0 Å². The summed E-state index contributed by atoms with van der Waals surface area (Å²) in [6, 6.07) is 8.10. The Kier molecular flexibility index (Phi) is 7.46. The van der Waals surface area contributed by atoms with E-state index in [1.807, 2.05) is 18.2 Å². The summed E-state index contributed by atoms with van der Waals surface area (Å²) in [6.45, 7) is 9.02. The first-order valence-electron chi connectivity index (χ1n) is 6.90. The van der Waals surface area contributed by atoms with Crippen molar-refractivity contribution in [2.24, 2.45) is 0 Å². The highest BCUT2D eigenvalue weighted by atomic mass is 16.5. The Morgan fingerprint density at radius 1 is 1.22 bits per heavy atom. The molecule has 1 aromatic carbocycles. The van der Waals surface area contributed by atoms with Crippen LogP contribution in [0.4, 0.5) is 5.69 Å². The number of benzene rings is 1. The minimum atomic E-state index is 0.816. The number of nitrogens with zero attached hydrogens (tertiary/aromatic N) is 1. The third-order valence-electron chi connectivity index (χ3n) is 3.00. The average molecular weight is 250 g/mol. The van der Waals surface area contributed by atoms with E-state index in [9.17, 15) is 0 Å². The standard InChI is InChI=1S/C15H26N2O/c1-3-5-10-18-11-9-17(4-2)13-14-7-6-8-15(16)12-14/h6-8,12H,3-5,9-11,13,16H2,1-2H3. The minimum Gasteiger partial charge on any atom is -0.399 e. The van der Waals surface area contributed by atoms with Gasteiger partial charge in [0.25, 0.3) is 0 Å². The Morgan fingerprint density at radius 2 is 2.06 bits per heavy atom. The molecule has 2 N–H and O–H groups in total. The van der Waals surface area contributed by atoms with Crippen LogP contribution in [-0.4, -0.2) is 31.2 Å². The van der Waals surface area contributed by atoms with E-state index < -0.39 is 0 Å². The van der Waals surface area contributed by atoms with Crippen molar-refractivity contribution in [1.82, 2.24) is 4.90 Å². The van der Waals surface area contributed by atoms with Gasteiger partial charge in [-0.1, -0.05) is 32.4 Å². The lowest BCUT2D eigenvalue weighted by atomic mass is 10.2. The molecule has 1 aromatic rings. The van der Waals surface area contributed by atoms with Crippen LogP contribution in [0.1, 0.15) is 32.3 Å². The summed E-state index contributed by atoms with van der Waals surface area (Å²) in [4.78, 5) is 2.38. The smallest absolute Gasteiger partial charge is 0.0593 e. The maximum absolute atomic E-state index is 5.79. The molecule has 0 aliphatic heterocycles. The highest BCUT2D eigenvalue weighted by molar-refractivity contribution is 5.40. The number of nitrogens with two attached hydrogens (primary N) is 1. The average Bonchev–Trinajstić information content (AvgIpc) is 2.37. The summed E-state index contributed by atoms with van der Waals surface area (Å²) in [6.07, 6.45) is 2.35. The fraction of sp³-hybridized carbons (Fsp3) is 0.600. The molecule has 0 fully saturated rings. The van der Waals surface area contributed by atoms with E-state index in [-0.39, 0.29) is 0 Å². The second-order valence-electron chi connectivity index (χ2n) is 4.58. The van der Waals surface area contributed by atoms with E-state index in [0.29, 0.717) is 0 Å². The summed E-state index contributed by atoms with van der Waals surface area (Å²) in [5.41, 5.74) is 7.89. The van der Waals surface area contributed by atoms with Gasteiger partial charge in [0.2, 0.25) is 0 Å². The second kappa shape index (κ2) is 8.95. The van der Waals surface area contributed by atoms with Gasteiger partial charge < -0.3 is 10.5 Å². The number of likely N-dealkylation sites (N-methyl/N-ethyl adjacent to an activating group) is 1. The van der Waals surface area contributed by atoms with E-state index in [4.69, 9.17) is 10.5 Å². The van der Waals surface area contributed by atoms with Crippen LogP contribution in [-0.2, 0) is 11.3 Å². The monoisotopic (exact) mass is 250 g/mol. The molecule has 102 valence electrons. The van der Waals surface area contributed by atoms with Crippen molar-refractivity contribution in [3.05, 3.63) is 29.8 Å². The van der Waals surface area contributed by atoms with Crippen molar-refractivity contribution >= 4 is 5.69 Å². The molecule has 18 heavy (non-hydrogen) atoms. The number of hydrogen-bond acceptors (Lipinski definition) is 3. The van der Waals surface area contributed by atoms with E-state index in [1.165, 1.54) is 12.0 Å². The Balaban J connectivity index is 2.28. The topological polar surface area (TPSA) is 38.5 Å². The maximum atomic E-state index is 5.79. The van der Waals surface area contributed by atoms with Crippen molar-refractivity contribution in [3.8, 4) is 0 Å². The first-order valence-corrected chi connectivity index (χ1v) is 6.90. The largest absolute Gasteiger partial charge is 0.399 e. The van der Waals surface area contributed by atoms with Crippen LogP contribution in [0.15, 0.2) is 24.3 Å². The fourth-order valence-electron chi connectivity index (χ4n) is 1.84. The van der Waals surface area contributed by atoms with Crippen molar-refractivity contribution in [2.45, 2.75) is 33.2 Å². The van der Waals surface area contributed by atoms with Gasteiger partial charge in [-0.25, -0.2) is 0 Å². The van der Waals surface area contributed by atoms with Crippen molar-refractivity contribution in [3.63, 3.8) is 0 Å². The number of anilines is 1.